The number of carbonyl (C=O) groups excluding carboxylic acids is 1. The first kappa shape index (κ1) is 24.2. The first-order chi connectivity index (χ1) is 16.8. The summed E-state index contributed by atoms with van der Waals surface area (Å²) in [6.07, 6.45) is 1.82. The molecule has 0 saturated carbocycles. The lowest BCUT2D eigenvalue weighted by atomic mass is 10.0. The van der Waals surface area contributed by atoms with Crippen molar-refractivity contribution in [3.05, 3.63) is 59.7 Å². The van der Waals surface area contributed by atoms with Crippen LogP contribution in [0.1, 0.15) is 36.4 Å². The van der Waals surface area contributed by atoms with E-state index < -0.39 is 16.1 Å². The van der Waals surface area contributed by atoms with Crippen molar-refractivity contribution < 1.29 is 23.1 Å². The molecule has 0 aliphatic carbocycles. The molecule has 3 atom stereocenters. The minimum Gasteiger partial charge on any atom is -0.480 e. The number of β-amino-alcohol motifs (C(OH)–C–C–N with tert-alkyl or cyclic N) is 1. The molecule has 3 heterocycles. The van der Waals surface area contributed by atoms with Crippen LogP contribution in [0.4, 0.5) is 0 Å². The van der Waals surface area contributed by atoms with Crippen molar-refractivity contribution in [1.82, 2.24) is 14.1 Å². The number of sulfonamides is 1. The van der Waals surface area contributed by atoms with E-state index in [0.29, 0.717) is 38.3 Å². The number of likely N-dealkylation sites (tertiary alicyclic amines) is 1. The summed E-state index contributed by atoms with van der Waals surface area (Å²) in [6.45, 7) is 3.13. The average molecular weight is 500 g/mol. The van der Waals surface area contributed by atoms with Crippen LogP contribution in [0.3, 0.4) is 0 Å². The number of hydrogen-bond acceptors (Lipinski definition) is 6. The Morgan fingerprint density at radius 3 is 2.57 bits per heavy atom. The van der Waals surface area contributed by atoms with Gasteiger partial charge in [0.15, 0.2) is 6.10 Å². The molecule has 188 valence electrons. The fourth-order valence-corrected chi connectivity index (χ4v) is 6.90. The highest BCUT2D eigenvalue weighted by atomic mass is 32.2. The zero-order valence-corrected chi connectivity index (χ0v) is 20.9. The number of amides is 1. The molecule has 2 fully saturated rings. The van der Waals surface area contributed by atoms with Crippen LogP contribution in [0.15, 0.2) is 53.4 Å². The molecule has 8 nitrogen and oxygen atoms in total. The Morgan fingerprint density at radius 1 is 1.14 bits per heavy atom. The van der Waals surface area contributed by atoms with Gasteiger partial charge in [-0.15, -0.1) is 0 Å². The van der Waals surface area contributed by atoms with E-state index in [4.69, 9.17) is 4.74 Å². The van der Waals surface area contributed by atoms with Gasteiger partial charge in [0.25, 0.3) is 5.91 Å². The molecule has 1 N–H and O–H groups in total. The number of ether oxygens (including phenoxy) is 1. The summed E-state index contributed by atoms with van der Waals surface area (Å²) in [7, 11) is -1.73. The Balaban J connectivity index is 1.32. The van der Waals surface area contributed by atoms with E-state index in [2.05, 4.69) is 4.90 Å². The van der Waals surface area contributed by atoms with E-state index in [9.17, 15) is 18.3 Å². The Kier molecular flexibility index (Phi) is 6.85. The standard InChI is InChI=1S/C26H33N3O5S/c1-27(23(19-7-3-2-4-8-19)18-28-14-11-21(30)17-28)26(31)25-16-20-15-22(9-10-24(20)34-25)35(32,33)29-12-5-6-13-29/h2-4,7-10,15,21,23,25,30H,5-6,11-14,16-18H2,1H3. The quantitative estimate of drug-likeness (QED) is 0.627. The van der Waals surface area contributed by atoms with E-state index >= 15 is 0 Å². The predicted octanol–water partition coefficient (Wildman–Crippen LogP) is 2.04. The van der Waals surface area contributed by atoms with Crippen LogP contribution >= 0.6 is 0 Å². The maximum atomic E-state index is 13.6. The molecule has 9 heteroatoms. The van der Waals surface area contributed by atoms with E-state index in [1.807, 2.05) is 30.3 Å². The maximum Gasteiger partial charge on any atom is 0.264 e. The van der Waals surface area contributed by atoms with E-state index in [1.54, 1.807) is 30.1 Å². The van der Waals surface area contributed by atoms with E-state index in [1.165, 1.54) is 4.31 Å². The number of nitrogens with zero attached hydrogens (tertiary/aromatic N) is 3. The van der Waals surface area contributed by atoms with Gasteiger partial charge < -0.3 is 14.7 Å². The summed E-state index contributed by atoms with van der Waals surface area (Å²) in [4.78, 5) is 17.7. The second-order valence-corrected chi connectivity index (χ2v) is 11.7. The highest BCUT2D eigenvalue weighted by molar-refractivity contribution is 7.89. The molecule has 5 rings (SSSR count). The van der Waals surface area contributed by atoms with Crippen LogP contribution in [0.2, 0.25) is 0 Å². The topological polar surface area (TPSA) is 90.4 Å². The molecule has 0 bridgehead atoms. The summed E-state index contributed by atoms with van der Waals surface area (Å²) in [6, 6.07) is 14.6. The summed E-state index contributed by atoms with van der Waals surface area (Å²) >= 11 is 0. The number of hydrogen-bond donors (Lipinski definition) is 1. The lowest BCUT2D eigenvalue weighted by Gasteiger charge is -2.33. The number of likely N-dealkylation sites (N-methyl/N-ethyl adjacent to an activating group) is 1. The number of carbonyl (C=O) groups is 1. The van der Waals surface area contributed by atoms with Crippen molar-refractivity contribution in [3.63, 3.8) is 0 Å². The number of aliphatic hydroxyl groups excluding tert-OH is 1. The molecule has 3 aliphatic rings. The van der Waals surface area contributed by atoms with Crippen LogP contribution in [-0.2, 0) is 21.2 Å². The third kappa shape index (κ3) is 4.95. The predicted molar refractivity (Wildman–Crippen MR) is 132 cm³/mol. The van der Waals surface area contributed by atoms with Gasteiger partial charge in [0.05, 0.1) is 17.0 Å². The van der Waals surface area contributed by atoms with Crippen molar-refractivity contribution in [2.24, 2.45) is 0 Å². The molecule has 0 radical (unpaired) electrons. The van der Waals surface area contributed by atoms with Crippen molar-refractivity contribution in [3.8, 4) is 5.75 Å². The number of rotatable bonds is 7. The molecule has 2 aromatic rings. The molecular weight excluding hydrogens is 466 g/mol. The largest absolute Gasteiger partial charge is 0.480 e. The minimum atomic E-state index is -3.53. The average Bonchev–Trinajstić information content (AvgIpc) is 3.63. The third-order valence-electron chi connectivity index (χ3n) is 7.36. The number of fused-ring (bicyclic) bond motifs is 1. The second kappa shape index (κ2) is 9.89. The van der Waals surface area contributed by atoms with Crippen LogP contribution in [0.5, 0.6) is 5.75 Å². The first-order valence-electron chi connectivity index (χ1n) is 12.3. The van der Waals surface area contributed by atoms with Crippen LogP contribution < -0.4 is 4.74 Å². The van der Waals surface area contributed by atoms with Crippen LogP contribution in [0, 0.1) is 0 Å². The van der Waals surface area contributed by atoms with Crippen molar-refractivity contribution >= 4 is 15.9 Å². The van der Waals surface area contributed by atoms with Gasteiger partial charge in [-0.25, -0.2) is 8.42 Å². The molecule has 2 aromatic carbocycles. The van der Waals surface area contributed by atoms with Gasteiger partial charge in [-0.3, -0.25) is 9.69 Å². The van der Waals surface area contributed by atoms with E-state index in [0.717, 1.165) is 36.9 Å². The molecule has 35 heavy (non-hydrogen) atoms. The lowest BCUT2D eigenvalue weighted by molar-refractivity contribution is -0.139. The van der Waals surface area contributed by atoms with Gasteiger partial charge in [0.1, 0.15) is 5.75 Å². The number of benzene rings is 2. The van der Waals surface area contributed by atoms with Gasteiger partial charge >= 0.3 is 0 Å². The Hall–Kier alpha value is -2.46. The third-order valence-corrected chi connectivity index (χ3v) is 9.26. The molecule has 3 aliphatic heterocycles. The van der Waals surface area contributed by atoms with Gasteiger partial charge in [-0.05, 0) is 48.6 Å². The zero-order chi connectivity index (χ0) is 24.6. The van der Waals surface area contributed by atoms with Crippen LogP contribution in [0.25, 0.3) is 0 Å². The van der Waals surface area contributed by atoms with Crippen molar-refractivity contribution in [2.75, 3.05) is 39.8 Å². The maximum absolute atomic E-state index is 13.6. The molecular formula is C26H33N3O5S. The molecule has 3 unspecified atom stereocenters. The fourth-order valence-electron chi connectivity index (χ4n) is 5.33. The minimum absolute atomic E-state index is 0.140. The number of aliphatic hydroxyl groups is 1. The summed E-state index contributed by atoms with van der Waals surface area (Å²) < 4.78 is 33.5. The van der Waals surface area contributed by atoms with E-state index in [-0.39, 0.29) is 22.9 Å². The Bertz CT molecular complexity index is 1170. The zero-order valence-electron chi connectivity index (χ0n) is 20.0. The molecule has 2 saturated heterocycles. The van der Waals surface area contributed by atoms with Gasteiger partial charge in [-0.2, -0.15) is 4.31 Å². The van der Waals surface area contributed by atoms with Gasteiger partial charge in [-0.1, -0.05) is 30.3 Å². The fraction of sp³-hybridized carbons (Fsp3) is 0.500. The second-order valence-electron chi connectivity index (χ2n) is 9.77. The summed E-state index contributed by atoms with van der Waals surface area (Å²) in [5.41, 5.74) is 1.77. The lowest BCUT2D eigenvalue weighted by Crippen LogP contribution is -2.44. The monoisotopic (exact) mass is 499 g/mol. The molecule has 1 amide bonds. The van der Waals surface area contributed by atoms with Crippen LogP contribution in [-0.4, -0.2) is 85.5 Å². The van der Waals surface area contributed by atoms with Gasteiger partial charge in [0, 0.05) is 46.2 Å². The summed E-state index contributed by atoms with van der Waals surface area (Å²) in [5.74, 6) is 0.426. The first-order valence-corrected chi connectivity index (χ1v) is 13.8. The van der Waals surface area contributed by atoms with Gasteiger partial charge in [0.2, 0.25) is 10.0 Å². The molecule has 0 aromatic heterocycles. The highest BCUT2D eigenvalue weighted by Gasteiger charge is 2.37. The van der Waals surface area contributed by atoms with Crippen molar-refractivity contribution in [1.29, 1.82) is 0 Å². The smallest absolute Gasteiger partial charge is 0.264 e. The molecule has 0 spiro atoms. The summed E-state index contributed by atoms with van der Waals surface area (Å²) in [5, 5.41) is 9.96. The van der Waals surface area contributed by atoms with Crippen molar-refractivity contribution in [2.45, 2.75) is 48.8 Å². The highest BCUT2D eigenvalue weighted by Crippen LogP contribution is 2.34. The Morgan fingerprint density at radius 2 is 1.89 bits per heavy atom. The Labute approximate surface area is 207 Å². The normalized spacial score (nSPS) is 23.7. The SMILES string of the molecule is CN(C(=O)C1Cc2cc(S(=O)(=O)N3CCCC3)ccc2O1)C(CN1CCC(O)C1)c1ccccc1.